The standard InChI is InChI=1S/C11H9BrFNO/c1-6(2)3-7-9(12)4-10(13)8(5-14)11(7)15/h4,15H,1,3H2,2H3. The maximum atomic E-state index is 13.2. The van der Waals surface area contributed by atoms with Gasteiger partial charge in [0.15, 0.2) is 0 Å². The smallest absolute Gasteiger partial charge is 0.145 e. The third kappa shape index (κ3) is 2.37. The van der Waals surface area contributed by atoms with Crippen molar-refractivity contribution >= 4 is 15.9 Å². The van der Waals surface area contributed by atoms with E-state index in [1.165, 1.54) is 6.07 Å². The van der Waals surface area contributed by atoms with Crippen molar-refractivity contribution in [3.63, 3.8) is 0 Å². The van der Waals surface area contributed by atoms with Crippen molar-refractivity contribution in [2.24, 2.45) is 0 Å². The van der Waals surface area contributed by atoms with E-state index in [1.54, 1.807) is 13.0 Å². The molecule has 0 spiro atoms. The molecule has 0 saturated heterocycles. The molecule has 0 aliphatic heterocycles. The second kappa shape index (κ2) is 4.45. The summed E-state index contributed by atoms with van der Waals surface area (Å²) in [6.45, 7) is 5.49. The molecule has 0 heterocycles. The Morgan fingerprint density at radius 2 is 2.33 bits per heavy atom. The number of aromatic hydroxyl groups is 1. The van der Waals surface area contributed by atoms with Gasteiger partial charge in [-0.15, -0.1) is 0 Å². The minimum atomic E-state index is -0.729. The Morgan fingerprint density at radius 1 is 1.73 bits per heavy atom. The van der Waals surface area contributed by atoms with Crippen molar-refractivity contribution < 1.29 is 9.50 Å². The van der Waals surface area contributed by atoms with Crippen LogP contribution in [0.1, 0.15) is 18.1 Å². The number of phenols is 1. The minimum absolute atomic E-state index is 0.313. The van der Waals surface area contributed by atoms with Gasteiger partial charge in [-0.1, -0.05) is 28.1 Å². The Balaban J connectivity index is 3.40. The van der Waals surface area contributed by atoms with Crippen molar-refractivity contribution in [1.29, 1.82) is 5.26 Å². The lowest BCUT2D eigenvalue weighted by Gasteiger charge is -2.09. The summed E-state index contributed by atoms with van der Waals surface area (Å²) in [6, 6.07) is 2.81. The molecule has 0 fully saturated rings. The molecule has 0 aromatic heterocycles. The van der Waals surface area contributed by atoms with E-state index in [-0.39, 0.29) is 11.3 Å². The van der Waals surface area contributed by atoms with Crippen LogP contribution >= 0.6 is 15.9 Å². The summed E-state index contributed by atoms with van der Waals surface area (Å²) >= 11 is 3.14. The number of nitriles is 1. The zero-order valence-corrected chi connectivity index (χ0v) is 9.73. The molecule has 0 bridgehead atoms. The minimum Gasteiger partial charge on any atom is -0.506 e. The van der Waals surface area contributed by atoms with Crippen molar-refractivity contribution in [3.8, 4) is 11.8 Å². The third-order valence-corrected chi connectivity index (χ3v) is 2.60. The Kier molecular flexibility index (Phi) is 3.48. The van der Waals surface area contributed by atoms with Gasteiger partial charge in [0.05, 0.1) is 0 Å². The van der Waals surface area contributed by atoms with E-state index in [1.807, 2.05) is 0 Å². The Hall–Kier alpha value is -1.34. The molecule has 0 radical (unpaired) electrons. The molecule has 78 valence electrons. The van der Waals surface area contributed by atoms with Gasteiger partial charge in [0.25, 0.3) is 0 Å². The molecule has 1 N–H and O–H groups in total. The van der Waals surface area contributed by atoms with Crippen LogP contribution in [-0.4, -0.2) is 5.11 Å². The fourth-order valence-corrected chi connectivity index (χ4v) is 1.75. The van der Waals surface area contributed by atoms with Gasteiger partial charge in [-0.25, -0.2) is 4.39 Å². The first-order valence-corrected chi connectivity index (χ1v) is 5.01. The maximum absolute atomic E-state index is 13.2. The molecule has 0 aliphatic rings. The average molecular weight is 270 g/mol. The first kappa shape index (κ1) is 11.7. The molecule has 4 heteroatoms. The average Bonchev–Trinajstić information content (AvgIpc) is 2.12. The highest BCUT2D eigenvalue weighted by Crippen LogP contribution is 2.33. The molecule has 1 aromatic carbocycles. The Labute approximate surface area is 95.8 Å². The van der Waals surface area contributed by atoms with Crippen LogP contribution in [0, 0.1) is 17.1 Å². The summed E-state index contributed by atoms with van der Waals surface area (Å²) in [5.74, 6) is -1.04. The van der Waals surface area contributed by atoms with E-state index in [9.17, 15) is 9.50 Å². The molecule has 2 nitrogen and oxygen atoms in total. The predicted octanol–water partition coefficient (Wildman–Crippen LogP) is 3.28. The SMILES string of the molecule is C=C(C)Cc1c(Br)cc(F)c(C#N)c1O. The highest BCUT2D eigenvalue weighted by atomic mass is 79.9. The van der Waals surface area contributed by atoms with Gasteiger partial charge in [-0.3, -0.25) is 0 Å². The second-order valence-electron chi connectivity index (χ2n) is 3.29. The number of halogens is 2. The van der Waals surface area contributed by atoms with Crippen LogP contribution in [0.4, 0.5) is 4.39 Å². The number of allylic oxidation sites excluding steroid dienone is 1. The van der Waals surface area contributed by atoms with Crippen LogP contribution in [0.15, 0.2) is 22.7 Å². The molecule has 1 aromatic rings. The number of hydrogen-bond donors (Lipinski definition) is 1. The van der Waals surface area contributed by atoms with Crippen molar-refractivity contribution in [2.75, 3.05) is 0 Å². The van der Waals surface area contributed by atoms with E-state index in [2.05, 4.69) is 22.5 Å². The van der Waals surface area contributed by atoms with Crippen molar-refractivity contribution in [3.05, 3.63) is 39.6 Å². The first-order chi connectivity index (χ1) is 6.97. The fraction of sp³-hybridized carbons (Fsp3) is 0.182. The highest BCUT2D eigenvalue weighted by molar-refractivity contribution is 9.10. The molecule has 0 aliphatic carbocycles. The summed E-state index contributed by atoms with van der Waals surface area (Å²) in [5.41, 5.74) is 0.983. The molecule has 0 amide bonds. The van der Waals surface area contributed by atoms with Gasteiger partial charge in [0.2, 0.25) is 0 Å². The normalized spacial score (nSPS) is 9.73. The van der Waals surface area contributed by atoms with Crippen LogP contribution in [0.3, 0.4) is 0 Å². The Bertz CT molecular complexity index is 463. The number of nitrogens with zero attached hydrogens (tertiary/aromatic N) is 1. The van der Waals surface area contributed by atoms with Crippen LogP contribution in [0.25, 0.3) is 0 Å². The number of benzene rings is 1. The van der Waals surface area contributed by atoms with Gasteiger partial charge in [0.1, 0.15) is 23.2 Å². The summed E-state index contributed by atoms with van der Waals surface area (Å²) in [6.07, 6.45) is 0.404. The summed E-state index contributed by atoms with van der Waals surface area (Å²) in [7, 11) is 0. The third-order valence-electron chi connectivity index (χ3n) is 1.89. The summed E-state index contributed by atoms with van der Waals surface area (Å²) in [4.78, 5) is 0. The topological polar surface area (TPSA) is 44.0 Å². The fourth-order valence-electron chi connectivity index (χ4n) is 1.22. The summed E-state index contributed by atoms with van der Waals surface area (Å²) < 4.78 is 13.6. The van der Waals surface area contributed by atoms with Gasteiger partial charge in [-0.2, -0.15) is 5.26 Å². The monoisotopic (exact) mass is 269 g/mol. The van der Waals surface area contributed by atoms with E-state index in [0.717, 1.165) is 5.57 Å². The van der Waals surface area contributed by atoms with Crippen LogP contribution < -0.4 is 0 Å². The Morgan fingerprint density at radius 3 is 2.80 bits per heavy atom. The molecule has 0 unspecified atom stereocenters. The van der Waals surface area contributed by atoms with E-state index in [4.69, 9.17) is 5.26 Å². The van der Waals surface area contributed by atoms with Crippen molar-refractivity contribution in [1.82, 2.24) is 0 Å². The lowest BCUT2D eigenvalue weighted by Crippen LogP contribution is -1.95. The first-order valence-electron chi connectivity index (χ1n) is 4.21. The van der Waals surface area contributed by atoms with Crippen molar-refractivity contribution in [2.45, 2.75) is 13.3 Å². The van der Waals surface area contributed by atoms with E-state index in [0.29, 0.717) is 16.5 Å². The molecular formula is C11H9BrFNO. The van der Waals surface area contributed by atoms with Gasteiger partial charge >= 0.3 is 0 Å². The zero-order chi connectivity index (χ0) is 11.6. The number of phenolic OH excluding ortho intramolecular Hbond substituents is 1. The van der Waals surface area contributed by atoms with Crippen LogP contribution in [-0.2, 0) is 6.42 Å². The quantitative estimate of drug-likeness (QED) is 0.838. The molecule has 1 rings (SSSR count). The maximum Gasteiger partial charge on any atom is 0.145 e. The van der Waals surface area contributed by atoms with E-state index >= 15 is 0 Å². The number of rotatable bonds is 2. The zero-order valence-electron chi connectivity index (χ0n) is 8.14. The highest BCUT2D eigenvalue weighted by Gasteiger charge is 2.16. The lowest BCUT2D eigenvalue weighted by atomic mass is 10.0. The summed E-state index contributed by atoms with van der Waals surface area (Å²) in [5, 5.41) is 18.3. The van der Waals surface area contributed by atoms with Gasteiger partial charge in [-0.05, 0) is 19.4 Å². The van der Waals surface area contributed by atoms with Crippen LogP contribution in [0.5, 0.6) is 5.75 Å². The van der Waals surface area contributed by atoms with Crippen LogP contribution in [0.2, 0.25) is 0 Å². The second-order valence-corrected chi connectivity index (χ2v) is 4.14. The molecular weight excluding hydrogens is 261 g/mol. The molecule has 0 saturated carbocycles. The lowest BCUT2D eigenvalue weighted by molar-refractivity contribution is 0.459. The van der Waals surface area contributed by atoms with Gasteiger partial charge < -0.3 is 5.11 Å². The molecule has 15 heavy (non-hydrogen) atoms. The largest absolute Gasteiger partial charge is 0.506 e. The number of hydrogen-bond acceptors (Lipinski definition) is 2. The molecule has 0 atom stereocenters. The van der Waals surface area contributed by atoms with E-state index < -0.39 is 5.82 Å². The van der Waals surface area contributed by atoms with Gasteiger partial charge in [0, 0.05) is 10.0 Å². The predicted molar refractivity (Wildman–Crippen MR) is 59.0 cm³/mol.